The molecule has 1 aromatic carbocycles. The molecule has 1 aliphatic rings. The second-order valence-electron chi connectivity index (χ2n) is 7.00. The van der Waals surface area contributed by atoms with E-state index in [1.54, 1.807) is 0 Å². The number of hydrogen-bond donors (Lipinski definition) is 1. The van der Waals surface area contributed by atoms with Gasteiger partial charge >= 0.3 is 0 Å². The fourth-order valence-electron chi connectivity index (χ4n) is 2.95. The molecule has 1 aromatic rings. The van der Waals surface area contributed by atoms with Gasteiger partial charge in [-0.2, -0.15) is 11.8 Å². The molecule has 112 valence electrons. The molecule has 1 heterocycles. The molecule has 0 saturated carbocycles. The van der Waals surface area contributed by atoms with Gasteiger partial charge in [0.25, 0.3) is 0 Å². The van der Waals surface area contributed by atoms with Crippen molar-refractivity contribution in [2.24, 2.45) is 5.92 Å². The smallest absolute Gasteiger partial charge is 0.0320 e. The van der Waals surface area contributed by atoms with Crippen molar-refractivity contribution in [1.29, 1.82) is 0 Å². The van der Waals surface area contributed by atoms with E-state index in [1.807, 2.05) is 0 Å². The summed E-state index contributed by atoms with van der Waals surface area (Å²) in [7, 11) is 2.10. The molecule has 2 rings (SSSR count). The van der Waals surface area contributed by atoms with Crippen LogP contribution in [-0.4, -0.2) is 18.6 Å². The van der Waals surface area contributed by atoms with Gasteiger partial charge in [0.1, 0.15) is 0 Å². The number of nitrogens with one attached hydrogen (secondary N) is 1. The van der Waals surface area contributed by atoms with Crippen LogP contribution in [0, 0.1) is 5.92 Å². The monoisotopic (exact) mass is 291 g/mol. The summed E-state index contributed by atoms with van der Waals surface area (Å²) < 4.78 is 0. The second kappa shape index (κ2) is 7.00. The van der Waals surface area contributed by atoms with Crippen molar-refractivity contribution < 1.29 is 0 Å². The Labute approximate surface area is 128 Å². The van der Waals surface area contributed by atoms with Crippen molar-refractivity contribution in [3.05, 3.63) is 35.4 Å². The summed E-state index contributed by atoms with van der Waals surface area (Å²) in [6.07, 6.45) is 4.07. The van der Waals surface area contributed by atoms with Crippen molar-refractivity contribution in [3.8, 4) is 0 Å². The molecule has 1 fully saturated rings. The lowest BCUT2D eigenvalue weighted by atomic mass is 9.85. The van der Waals surface area contributed by atoms with Crippen molar-refractivity contribution in [2.45, 2.75) is 51.5 Å². The highest BCUT2D eigenvalue weighted by Gasteiger charge is 2.20. The molecule has 1 saturated heterocycles. The van der Waals surface area contributed by atoms with Crippen molar-refractivity contribution >= 4 is 11.8 Å². The van der Waals surface area contributed by atoms with E-state index in [-0.39, 0.29) is 5.41 Å². The van der Waals surface area contributed by atoms with Crippen LogP contribution in [0.5, 0.6) is 0 Å². The van der Waals surface area contributed by atoms with E-state index >= 15 is 0 Å². The minimum atomic E-state index is 0.244. The van der Waals surface area contributed by atoms with Gasteiger partial charge in [0, 0.05) is 6.04 Å². The molecule has 0 radical (unpaired) electrons. The fourth-order valence-corrected chi connectivity index (χ4v) is 4.16. The summed E-state index contributed by atoms with van der Waals surface area (Å²) in [6.45, 7) is 6.83. The summed E-state index contributed by atoms with van der Waals surface area (Å²) in [5.41, 5.74) is 3.11. The summed E-state index contributed by atoms with van der Waals surface area (Å²) >= 11 is 2.11. The Hall–Kier alpha value is -0.470. The maximum Gasteiger partial charge on any atom is 0.0320 e. The van der Waals surface area contributed by atoms with Crippen LogP contribution in [0.1, 0.15) is 57.2 Å². The van der Waals surface area contributed by atoms with Gasteiger partial charge in [-0.15, -0.1) is 0 Å². The Morgan fingerprint density at radius 1 is 1.15 bits per heavy atom. The highest BCUT2D eigenvalue weighted by Crippen LogP contribution is 2.31. The molecule has 0 spiro atoms. The lowest BCUT2D eigenvalue weighted by molar-refractivity contribution is 0.384. The molecule has 1 unspecified atom stereocenters. The van der Waals surface area contributed by atoms with Gasteiger partial charge in [-0.05, 0) is 60.3 Å². The fraction of sp³-hybridized carbons (Fsp3) is 0.667. The van der Waals surface area contributed by atoms with Gasteiger partial charge in [0.05, 0.1) is 0 Å². The first kappa shape index (κ1) is 15.9. The summed E-state index contributed by atoms with van der Waals surface area (Å²) in [6, 6.07) is 9.75. The van der Waals surface area contributed by atoms with E-state index in [4.69, 9.17) is 0 Å². The Kier molecular flexibility index (Phi) is 5.57. The third kappa shape index (κ3) is 4.26. The lowest BCUT2D eigenvalue weighted by Crippen LogP contribution is -2.22. The van der Waals surface area contributed by atoms with Crippen LogP contribution in [-0.2, 0) is 5.41 Å². The van der Waals surface area contributed by atoms with Gasteiger partial charge in [-0.25, -0.2) is 0 Å². The molecular weight excluding hydrogens is 262 g/mol. The Morgan fingerprint density at radius 2 is 1.75 bits per heavy atom. The van der Waals surface area contributed by atoms with Crippen LogP contribution in [0.15, 0.2) is 24.3 Å². The highest BCUT2D eigenvalue weighted by atomic mass is 32.2. The van der Waals surface area contributed by atoms with Gasteiger partial charge in [0.2, 0.25) is 0 Å². The molecule has 1 N–H and O–H groups in total. The number of rotatable bonds is 4. The Bertz CT molecular complexity index is 398. The molecule has 1 aliphatic heterocycles. The normalized spacial score (nSPS) is 19.0. The van der Waals surface area contributed by atoms with Crippen LogP contribution >= 0.6 is 11.8 Å². The third-order valence-electron chi connectivity index (χ3n) is 4.44. The molecule has 2 heteroatoms. The summed E-state index contributed by atoms with van der Waals surface area (Å²) in [4.78, 5) is 0. The van der Waals surface area contributed by atoms with E-state index in [9.17, 15) is 0 Å². The molecule has 0 aliphatic carbocycles. The number of benzene rings is 1. The number of thioether (sulfide) groups is 1. The first-order valence-electron chi connectivity index (χ1n) is 7.86. The predicted molar refractivity (Wildman–Crippen MR) is 91.6 cm³/mol. The van der Waals surface area contributed by atoms with E-state index in [1.165, 1.54) is 41.9 Å². The SMILES string of the molecule is CNC(CC1CCSCC1)c1ccc(C(C)(C)C)cc1. The Balaban J connectivity index is 2.03. The predicted octanol–water partition coefficient (Wildman–Crippen LogP) is 4.78. The lowest BCUT2D eigenvalue weighted by Gasteiger charge is -2.27. The molecule has 20 heavy (non-hydrogen) atoms. The van der Waals surface area contributed by atoms with Crippen molar-refractivity contribution in [2.75, 3.05) is 18.6 Å². The molecule has 0 bridgehead atoms. The zero-order valence-corrected chi connectivity index (χ0v) is 14.2. The zero-order chi connectivity index (χ0) is 14.6. The first-order valence-corrected chi connectivity index (χ1v) is 9.01. The maximum absolute atomic E-state index is 3.52. The number of hydrogen-bond acceptors (Lipinski definition) is 2. The first-order chi connectivity index (χ1) is 9.50. The van der Waals surface area contributed by atoms with Crippen LogP contribution in [0.3, 0.4) is 0 Å². The zero-order valence-electron chi connectivity index (χ0n) is 13.4. The van der Waals surface area contributed by atoms with Crippen molar-refractivity contribution in [3.63, 3.8) is 0 Å². The third-order valence-corrected chi connectivity index (χ3v) is 5.49. The largest absolute Gasteiger partial charge is 0.313 e. The molecule has 1 nitrogen and oxygen atoms in total. The van der Waals surface area contributed by atoms with Crippen LogP contribution in [0.25, 0.3) is 0 Å². The standard InChI is InChI=1S/C18H29NS/c1-18(2,3)16-7-5-15(6-8-16)17(19-4)13-14-9-11-20-12-10-14/h5-8,14,17,19H,9-13H2,1-4H3. The molecule has 0 aromatic heterocycles. The second-order valence-corrected chi connectivity index (χ2v) is 8.23. The van der Waals surface area contributed by atoms with Gasteiger partial charge in [-0.3, -0.25) is 0 Å². The van der Waals surface area contributed by atoms with E-state index < -0.39 is 0 Å². The Morgan fingerprint density at radius 3 is 2.25 bits per heavy atom. The molecule has 1 atom stereocenters. The average Bonchev–Trinajstić information content (AvgIpc) is 2.45. The van der Waals surface area contributed by atoms with Gasteiger partial charge in [0.15, 0.2) is 0 Å². The minimum absolute atomic E-state index is 0.244. The van der Waals surface area contributed by atoms with Crippen molar-refractivity contribution in [1.82, 2.24) is 5.32 Å². The van der Waals surface area contributed by atoms with Gasteiger partial charge in [-0.1, -0.05) is 45.0 Å². The topological polar surface area (TPSA) is 12.0 Å². The van der Waals surface area contributed by atoms with E-state index in [0.717, 1.165) is 5.92 Å². The quantitative estimate of drug-likeness (QED) is 0.857. The summed E-state index contributed by atoms with van der Waals surface area (Å²) in [5, 5.41) is 3.52. The molecule has 0 amide bonds. The highest BCUT2D eigenvalue weighted by molar-refractivity contribution is 7.99. The van der Waals surface area contributed by atoms with Crippen LogP contribution in [0.4, 0.5) is 0 Å². The van der Waals surface area contributed by atoms with Crippen LogP contribution < -0.4 is 5.32 Å². The molecular formula is C18H29NS. The van der Waals surface area contributed by atoms with E-state index in [2.05, 4.69) is 69.2 Å². The van der Waals surface area contributed by atoms with E-state index in [0.29, 0.717) is 6.04 Å². The maximum atomic E-state index is 3.52. The minimum Gasteiger partial charge on any atom is -0.313 e. The summed E-state index contributed by atoms with van der Waals surface area (Å²) in [5.74, 6) is 3.60. The van der Waals surface area contributed by atoms with Crippen LogP contribution in [0.2, 0.25) is 0 Å². The van der Waals surface area contributed by atoms with Gasteiger partial charge < -0.3 is 5.32 Å². The average molecular weight is 292 g/mol.